The molecule has 2 heterocycles. The van der Waals surface area contributed by atoms with E-state index in [1.54, 1.807) is 6.07 Å². The number of hydrogen-bond acceptors (Lipinski definition) is 2. The van der Waals surface area contributed by atoms with Gasteiger partial charge in [0.05, 0.1) is 5.56 Å². The Hall–Kier alpha value is -3.03. The molecule has 0 radical (unpaired) electrons. The molecule has 0 saturated carbocycles. The molecule has 26 heavy (non-hydrogen) atoms. The number of H-pyrrole nitrogens is 1. The minimum atomic E-state index is -4.40. The van der Waals surface area contributed by atoms with E-state index in [-0.39, 0.29) is 6.03 Å². The van der Waals surface area contributed by atoms with Crippen molar-refractivity contribution in [1.82, 2.24) is 15.3 Å². The fourth-order valence-electron chi connectivity index (χ4n) is 2.58. The van der Waals surface area contributed by atoms with Crippen LogP contribution < -0.4 is 10.6 Å². The van der Waals surface area contributed by atoms with Gasteiger partial charge < -0.3 is 15.6 Å². The molecular formula is C18H17F3N4O. The molecule has 2 aromatic heterocycles. The van der Waals surface area contributed by atoms with Crippen LogP contribution in [0.1, 0.15) is 17.5 Å². The summed E-state index contributed by atoms with van der Waals surface area (Å²) in [6.07, 6.45) is 0.524. The number of amides is 2. The zero-order valence-electron chi connectivity index (χ0n) is 13.7. The van der Waals surface area contributed by atoms with Gasteiger partial charge in [-0.1, -0.05) is 0 Å². The maximum absolute atomic E-state index is 12.6. The summed E-state index contributed by atoms with van der Waals surface area (Å²) in [7, 11) is 0. The van der Waals surface area contributed by atoms with Crippen LogP contribution in [0.25, 0.3) is 10.9 Å². The SMILES string of the molecule is O=C(NCCCc1cncc(C(F)(F)F)c1)Nc1ccc2[nH]ccc2c1. The Morgan fingerprint density at radius 1 is 1.15 bits per heavy atom. The van der Waals surface area contributed by atoms with Crippen molar-refractivity contribution < 1.29 is 18.0 Å². The van der Waals surface area contributed by atoms with Crippen molar-refractivity contribution in [1.29, 1.82) is 0 Å². The fraction of sp³-hybridized carbons (Fsp3) is 0.222. The highest BCUT2D eigenvalue weighted by molar-refractivity contribution is 5.92. The molecule has 0 aliphatic rings. The van der Waals surface area contributed by atoms with E-state index >= 15 is 0 Å². The molecule has 3 N–H and O–H groups in total. The van der Waals surface area contributed by atoms with Crippen LogP contribution in [-0.4, -0.2) is 22.5 Å². The Morgan fingerprint density at radius 2 is 2.00 bits per heavy atom. The normalized spacial score (nSPS) is 11.5. The minimum absolute atomic E-state index is 0.342. The number of aromatic amines is 1. The average Bonchev–Trinajstić information content (AvgIpc) is 3.06. The number of benzene rings is 1. The molecule has 0 spiro atoms. The van der Waals surface area contributed by atoms with Gasteiger partial charge in [-0.05, 0) is 48.7 Å². The summed E-state index contributed by atoms with van der Waals surface area (Å²) in [4.78, 5) is 18.6. The first-order chi connectivity index (χ1) is 12.4. The number of fused-ring (bicyclic) bond motifs is 1. The van der Waals surface area contributed by atoms with E-state index in [4.69, 9.17) is 0 Å². The molecule has 0 unspecified atom stereocenters. The Labute approximate surface area is 147 Å². The number of nitrogens with one attached hydrogen (secondary N) is 3. The highest BCUT2D eigenvalue weighted by Gasteiger charge is 2.30. The molecule has 0 aliphatic carbocycles. The monoisotopic (exact) mass is 362 g/mol. The number of aromatic nitrogens is 2. The average molecular weight is 362 g/mol. The Kier molecular flexibility index (Phi) is 5.11. The minimum Gasteiger partial charge on any atom is -0.361 e. The number of carbonyl (C=O) groups is 1. The third-order valence-corrected chi connectivity index (χ3v) is 3.86. The molecule has 0 aliphatic heterocycles. The zero-order chi connectivity index (χ0) is 18.6. The largest absolute Gasteiger partial charge is 0.417 e. The van der Waals surface area contributed by atoms with E-state index in [9.17, 15) is 18.0 Å². The van der Waals surface area contributed by atoms with Gasteiger partial charge in [-0.15, -0.1) is 0 Å². The summed E-state index contributed by atoms with van der Waals surface area (Å²) in [5, 5.41) is 6.40. The maximum atomic E-state index is 12.6. The molecule has 0 bridgehead atoms. The quantitative estimate of drug-likeness (QED) is 0.591. The van der Waals surface area contributed by atoms with Gasteiger partial charge in [-0.2, -0.15) is 13.2 Å². The van der Waals surface area contributed by atoms with Crippen molar-refractivity contribution in [3.63, 3.8) is 0 Å². The van der Waals surface area contributed by atoms with Gasteiger partial charge >= 0.3 is 12.2 Å². The van der Waals surface area contributed by atoms with Gasteiger partial charge in [0, 0.05) is 41.7 Å². The van der Waals surface area contributed by atoms with Gasteiger partial charge in [0.15, 0.2) is 0 Å². The van der Waals surface area contributed by atoms with Crippen LogP contribution in [0, 0.1) is 0 Å². The Bertz CT molecular complexity index is 905. The summed E-state index contributed by atoms with van der Waals surface area (Å²) in [6.45, 7) is 0.342. The summed E-state index contributed by atoms with van der Waals surface area (Å²) in [5.41, 5.74) is 1.36. The van der Waals surface area contributed by atoms with E-state index in [2.05, 4.69) is 20.6 Å². The molecule has 0 fully saturated rings. The fourth-order valence-corrected chi connectivity index (χ4v) is 2.58. The number of aryl methyl sites for hydroxylation is 1. The molecule has 8 heteroatoms. The number of halogens is 3. The standard InChI is InChI=1S/C18H17F3N4O/c19-18(20,21)14-8-12(10-22-11-14)2-1-6-24-17(26)25-15-3-4-16-13(9-15)5-7-23-16/h3-5,7-11,23H,1-2,6H2,(H2,24,25,26). The van der Waals surface area contributed by atoms with E-state index in [0.717, 1.165) is 23.2 Å². The van der Waals surface area contributed by atoms with Gasteiger partial charge in [0.1, 0.15) is 0 Å². The number of pyridine rings is 1. The van der Waals surface area contributed by atoms with Crippen LogP contribution in [0.15, 0.2) is 48.9 Å². The second-order valence-corrected chi connectivity index (χ2v) is 5.84. The molecule has 3 aromatic rings. The first-order valence-electron chi connectivity index (χ1n) is 8.05. The van der Waals surface area contributed by atoms with Gasteiger partial charge in [0.2, 0.25) is 0 Å². The Morgan fingerprint density at radius 3 is 2.81 bits per heavy atom. The summed E-state index contributed by atoms with van der Waals surface area (Å²) in [6, 6.07) is 8.13. The van der Waals surface area contributed by atoms with Crippen molar-refractivity contribution in [2.45, 2.75) is 19.0 Å². The predicted molar refractivity (Wildman–Crippen MR) is 92.9 cm³/mol. The third-order valence-electron chi connectivity index (χ3n) is 3.86. The number of urea groups is 1. The lowest BCUT2D eigenvalue weighted by Crippen LogP contribution is -2.29. The lowest BCUT2D eigenvalue weighted by Gasteiger charge is -2.09. The lowest BCUT2D eigenvalue weighted by molar-refractivity contribution is -0.137. The van der Waals surface area contributed by atoms with E-state index < -0.39 is 11.7 Å². The molecule has 2 amide bonds. The number of alkyl halides is 3. The Balaban J connectivity index is 1.45. The predicted octanol–water partition coefficient (Wildman–Crippen LogP) is 4.34. The smallest absolute Gasteiger partial charge is 0.361 e. The lowest BCUT2D eigenvalue weighted by atomic mass is 10.1. The van der Waals surface area contributed by atoms with Gasteiger partial charge in [-0.25, -0.2) is 4.79 Å². The van der Waals surface area contributed by atoms with Crippen molar-refractivity contribution in [2.75, 3.05) is 11.9 Å². The summed E-state index contributed by atoms with van der Waals surface area (Å²) >= 11 is 0. The number of carbonyl (C=O) groups excluding carboxylic acids is 1. The second-order valence-electron chi connectivity index (χ2n) is 5.84. The first-order valence-corrected chi connectivity index (χ1v) is 8.05. The molecule has 1 aromatic carbocycles. The van der Waals surface area contributed by atoms with E-state index in [1.165, 1.54) is 6.20 Å². The zero-order valence-corrected chi connectivity index (χ0v) is 13.7. The van der Waals surface area contributed by atoms with Crippen molar-refractivity contribution >= 4 is 22.6 Å². The van der Waals surface area contributed by atoms with Crippen LogP contribution in [0.2, 0.25) is 0 Å². The number of anilines is 1. The second kappa shape index (κ2) is 7.47. The molecule has 3 rings (SSSR count). The molecule has 136 valence electrons. The molecule has 0 saturated heterocycles. The van der Waals surface area contributed by atoms with Crippen LogP contribution >= 0.6 is 0 Å². The topological polar surface area (TPSA) is 69.8 Å². The highest BCUT2D eigenvalue weighted by Crippen LogP contribution is 2.29. The van der Waals surface area contributed by atoms with Crippen LogP contribution in [-0.2, 0) is 12.6 Å². The van der Waals surface area contributed by atoms with Crippen molar-refractivity contribution in [2.24, 2.45) is 0 Å². The van der Waals surface area contributed by atoms with Gasteiger partial charge in [-0.3, -0.25) is 4.98 Å². The molecule has 5 nitrogen and oxygen atoms in total. The van der Waals surface area contributed by atoms with Crippen molar-refractivity contribution in [3.8, 4) is 0 Å². The van der Waals surface area contributed by atoms with Crippen molar-refractivity contribution in [3.05, 3.63) is 60.0 Å². The van der Waals surface area contributed by atoms with Crippen LogP contribution in [0.3, 0.4) is 0 Å². The summed E-state index contributed by atoms with van der Waals surface area (Å²) < 4.78 is 37.9. The highest BCUT2D eigenvalue weighted by atomic mass is 19.4. The number of nitrogens with zero attached hydrogens (tertiary/aromatic N) is 1. The number of hydrogen-bond donors (Lipinski definition) is 3. The van der Waals surface area contributed by atoms with E-state index in [0.29, 0.717) is 30.6 Å². The first kappa shape index (κ1) is 17.8. The van der Waals surface area contributed by atoms with Crippen LogP contribution in [0.4, 0.5) is 23.7 Å². The third kappa shape index (κ3) is 4.53. The number of rotatable bonds is 5. The molecular weight excluding hydrogens is 345 g/mol. The van der Waals surface area contributed by atoms with E-state index in [1.807, 2.05) is 24.4 Å². The maximum Gasteiger partial charge on any atom is 0.417 e. The summed E-state index contributed by atoms with van der Waals surface area (Å²) in [5.74, 6) is 0. The van der Waals surface area contributed by atoms with Gasteiger partial charge in [0.25, 0.3) is 0 Å². The van der Waals surface area contributed by atoms with Crippen LogP contribution in [0.5, 0.6) is 0 Å². The molecule has 0 atom stereocenters.